The quantitative estimate of drug-likeness (QED) is 0.561. The van der Waals surface area contributed by atoms with Crippen LogP contribution < -0.4 is 0 Å². The fourth-order valence-corrected chi connectivity index (χ4v) is 1.19. The van der Waals surface area contributed by atoms with Crippen molar-refractivity contribution in [3.8, 4) is 0 Å². The van der Waals surface area contributed by atoms with Crippen molar-refractivity contribution in [2.24, 2.45) is 0 Å². The monoisotopic (exact) mass is 169 g/mol. The zero-order chi connectivity index (χ0) is 9.56. The summed E-state index contributed by atoms with van der Waals surface area (Å²) < 4.78 is 0. The molecule has 0 heterocycles. The fraction of sp³-hybridized carbons (Fsp3) is 0.700. The third-order valence-corrected chi connectivity index (χ3v) is 1.62. The van der Waals surface area contributed by atoms with Crippen LogP contribution in [0.2, 0.25) is 0 Å². The molecule has 2 nitrogen and oxygen atoms in total. The molecule has 0 N–H and O–H groups in total. The van der Waals surface area contributed by atoms with Gasteiger partial charge in [-0.3, -0.25) is 4.79 Å². The highest BCUT2D eigenvalue weighted by Crippen LogP contribution is 2.19. The lowest BCUT2D eigenvalue weighted by Crippen LogP contribution is -2.04. The lowest BCUT2D eigenvalue weighted by atomic mass is 10.2. The summed E-state index contributed by atoms with van der Waals surface area (Å²) in [6.45, 7) is 4.00. The zero-order valence-electron chi connectivity index (χ0n) is 8.55. The van der Waals surface area contributed by atoms with Gasteiger partial charge in [0.2, 0.25) is 0 Å². The molecule has 12 heavy (non-hydrogen) atoms. The maximum Gasteiger partial charge on any atom is 0.160 e. The number of Topliss-reactive ketones (excluding diaryl/α,β-unsaturated/α-hetero) is 1. The Labute approximate surface area is 75.3 Å². The number of ketones is 1. The largest absolute Gasteiger partial charge is 0.383 e. The molecule has 0 aromatic rings. The minimum Gasteiger partial charge on any atom is -0.383 e. The van der Waals surface area contributed by atoms with E-state index >= 15 is 0 Å². The lowest BCUT2D eigenvalue weighted by molar-refractivity contribution is -0.114. The Morgan fingerprint density at radius 3 is 2.17 bits per heavy atom. The standard InChI is InChI=1S/C8H13NO.C2H6/c1-9(2)6-7-4-3-5-8(7)10;1-2/h6H,3-5H2,1-2H3;1-2H3/b7-6+;. The summed E-state index contributed by atoms with van der Waals surface area (Å²) in [5.74, 6) is 0.328. The number of hydrogen-bond donors (Lipinski definition) is 0. The molecule has 0 atom stereocenters. The molecule has 1 aliphatic carbocycles. The Morgan fingerprint density at radius 1 is 1.25 bits per heavy atom. The second-order valence-electron chi connectivity index (χ2n) is 2.89. The summed E-state index contributed by atoms with van der Waals surface area (Å²) in [6.07, 6.45) is 4.69. The van der Waals surface area contributed by atoms with Gasteiger partial charge in [-0.25, -0.2) is 0 Å². The van der Waals surface area contributed by atoms with Crippen molar-refractivity contribution in [2.45, 2.75) is 33.1 Å². The predicted molar refractivity (Wildman–Crippen MR) is 52.0 cm³/mol. The van der Waals surface area contributed by atoms with E-state index in [2.05, 4.69) is 0 Å². The molecular formula is C10H19NO. The van der Waals surface area contributed by atoms with Crippen molar-refractivity contribution in [3.63, 3.8) is 0 Å². The maximum atomic E-state index is 11.0. The van der Waals surface area contributed by atoms with E-state index in [0.29, 0.717) is 5.78 Å². The van der Waals surface area contributed by atoms with E-state index in [1.54, 1.807) is 0 Å². The van der Waals surface area contributed by atoms with E-state index < -0.39 is 0 Å². The van der Waals surface area contributed by atoms with E-state index in [0.717, 1.165) is 24.8 Å². The van der Waals surface area contributed by atoms with Crippen molar-refractivity contribution in [3.05, 3.63) is 11.8 Å². The van der Waals surface area contributed by atoms with Crippen LogP contribution in [0.15, 0.2) is 11.8 Å². The summed E-state index contributed by atoms with van der Waals surface area (Å²) in [4.78, 5) is 12.9. The molecule has 0 amide bonds. The van der Waals surface area contributed by atoms with Crippen LogP contribution >= 0.6 is 0 Å². The Bertz CT molecular complexity index is 171. The summed E-state index contributed by atoms with van der Waals surface area (Å²) in [5.41, 5.74) is 0.991. The topological polar surface area (TPSA) is 20.3 Å². The summed E-state index contributed by atoms with van der Waals surface area (Å²) in [7, 11) is 3.89. The van der Waals surface area contributed by atoms with E-state index in [-0.39, 0.29) is 0 Å². The minimum atomic E-state index is 0.328. The number of allylic oxidation sites excluding steroid dienone is 1. The van der Waals surface area contributed by atoms with Crippen LogP contribution in [-0.2, 0) is 4.79 Å². The average molecular weight is 169 g/mol. The third kappa shape index (κ3) is 3.56. The first-order valence-electron chi connectivity index (χ1n) is 4.60. The van der Waals surface area contributed by atoms with Gasteiger partial charge in [0, 0.05) is 32.3 Å². The van der Waals surface area contributed by atoms with E-state index in [1.807, 2.05) is 39.0 Å². The molecular weight excluding hydrogens is 150 g/mol. The van der Waals surface area contributed by atoms with Gasteiger partial charge in [0.25, 0.3) is 0 Å². The Kier molecular flexibility index (Phi) is 5.43. The van der Waals surface area contributed by atoms with Gasteiger partial charge in [0.1, 0.15) is 0 Å². The van der Waals surface area contributed by atoms with Crippen LogP contribution in [0, 0.1) is 0 Å². The Balaban J connectivity index is 0.000000561. The van der Waals surface area contributed by atoms with E-state index in [4.69, 9.17) is 0 Å². The molecule has 0 aliphatic heterocycles. The summed E-state index contributed by atoms with van der Waals surface area (Å²) >= 11 is 0. The van der Waals surface area contributed by atoms with Gasteiger partial charge >= 0.3 is 0 Å². The molecule has 1 saturated carbocycles. The second kappa shape index (κ2) is 5.81. The molecule has 0 aromatic carbocycles. The molecule has 2 heteroatoms. The maximum absolute atomic E-state index is 11.0. The molecule has 0 saturated heterocycles. The van der Waals surface area contributed by atoms with Gasteiger partial charge in [-0.15, -0.1) is 0 Å². The van der Waals surface area contributed by atoms with Crippen LogP contribution in [-0.4, -0.2) is 24.8 Å². The molecule has 0 unspecified atom stereocenters. The van der Waals surface area contributed by atoms with E-state index in [9.17, 15) is 4.79 Å². The van der Waals surface area contributed by atoms with Gasteiger partial charge in [0.05, 0.1) is 0 Å². The molecule has 0 bridgehead atoms. The highest BCUT2D eigenvalue weighted by atomic mass is 16.1. The van der Waals surface area contributed by atoms with Crippen molar-refractivity contribution < 1.29 is 4.79 Å². The molecule has 1 aliphatic rings. The second-order valence-corrected chi connectivity index (χ2v) is 2.89. The number of nitrogens with zero attached hydrogens (tertiary/aromatic N) is 1. The first-order chi connectivity index (χ1) is 5.70. The molecule has 70 valence electrons. The fourth-order valence-electron chi connectivity index (χ4n) is 1.19. The highest BCUT2D eigenvalue weighted by molar-refractivity contribution is 5.97. The Hall–Kier alpha value is -0.790. The first-order valence-corrected chi connectivity index (χ1v) is 4.60. The number of carbonyl (C=O) groups excluding carboxylic acids is 1. The van der Waals surface area contributed by atoms with Crippen LogP contribution in [0.25, 0.3) is 0 Å². The van der Waals surface area contributed by atoms with Gasteiger partial charge in [0.15, 0.2) is 5.78 Å². The van der Waals surface area contributed by atoms with Gasteiger partial charge in [-0.2, -0.15) is 0 Å². The van der Waals surface area contributed by atoms with Crippen molar-refractivity contribution in [1.82, 2.24) is 4.90 Å². The predicted octanol–water partition coefficient (Wildman–Crippen LogP) is 2.21. The minimum absolute atomic E-state index is 0.328. The van der Waals surface area contributed by atoms with Crippen LogP contribution in [0.3, 0.4) is 0 Å². The highest BCUT2D eigenvalue weighted by Gasteiger charge is 2.16. The average Bonchev–Trinajstić information content (AvgIpc) is 2.40. The van der Waals surface area contributed by atoms with Crippen LogP contribution in [0.1, 0.15) is 33.1 Å². The Morgan fingerprint density at radius 2 is 1.83 bits per heavy atom. The molecule has 0 radical (unpaired) electrons. The molecule has 0 spiro atoms. The molecule has 1 fully saturated rings. The van der Waals surface area contributed by atoms with E-state index in [1.165, 1.54) is 0 Å². The normalized spacial score (nSPS) is 19.0. The molecule has 0 aromatic heterocycles. The first kappa shape index (κ1) is 11.2. The van der Waals surface area contributed by atoms with Crippen LogP contribution in [0.5, 0.6) is 0 Å². The third-order valence-electron chi connectivity index (χ3n) is 1.62. The van der Waals surface area contributed by atoms with Gasteiger partial charge in [-0.05, 0) is 12.8 Å². The van der Waals surface area contributed by atoms with Gasteiger partial charge < -0.3 is 4.90 Å². The van der Waals surface area contributed by atoms with Crippen molar-refractivity contribution >= 4 is 5.78 Å². The summed E-state index contributed by atoms with van der Waals surface area (Å²) in [5, 5.41) is 0. The number of hydrogen-bond acceptors (Lipinski definition) is 2. The van der Waals surface area contributed by atoms with Crippen molar-refractivity contribution in [1.29, 1.82) is 0 Å². The SMILES string of the molecule is CC.CN(C)/C=C1\CCCC1=O. The zero-order valence-corrected chi connectivity index (χ0v) is 8.55. The summed E-state index contributed by atoms with van der Waals surface area (Å²) in [6, 6.07) is 0. The van der Waals surface area contributed by atoms with Crippen molar-refractivity contribution in [2.75, 3.05) is 14.1 Å². The number of carbonyl (C=O) groups is 1. The van der Waals surface area contributed by atoms with Gasteiger partial charge in [-0.1, -0.05) is 13.8 Å². The molecule has 1 rings (SSSR count). The lowest BCUT2D eigenvalue weighted by Gasteiger charge is -2.04. The smallest absolute Gasteiger partial charge is 0.160 e. The number of rotatable bonds is 1. The van der Waals surface area contributed by atoms with Crippen LogP contribution in [0.4, 0.5) is 0 Å².